The van der Waals surface area contributed by atoms with Gasteiger partial charge in [-0.2, -0.15) is 5.10 Å². The Balaban J connectivity index is 1.99. The zero-order chi connectivity index (χ0) is 14.9. The van der Waals surface area contributed by atoms with E-state index in [0.717, 1.165) is 24.5 Å². The highest BCUT2D eigenvalue weighted by atomic mass is 16.5. The van der Waals surface area contributed by atoms with Crippen LogP contribution in [0.4, 0.5) is 0 Å². The Hall–Kier alpha value is -1.56. The molecule has 0 aliphatic carbocycles. The maximum Gasteiger partial charge on any atom is 0.272 e. The van der Waals surface area contributed by atoms with Crippen molar-refractivity contribution in [2.75, 3.05) is 33.8 Å². The lowest BCUT2D eigenvalue weighted by atomic mass is 9.93. The zero-order valence-electron chi connectivity index (χ0n) is 13.0. The standard InChI is InChI=1S/C14H24N4O2/c1-10-11(16-18-6-7-20-13(10)18)12(19)15-8-14(2,3)9-17(4)5/h6-9H2,1-5H3,(H,15,19). The summed E-state index contributed by atoms with van der Waals surface area (Å²) in [5.41, 5.74) is 1.32. The Bertz CT molecular complexity index is 506. The second-order valence-electron chi connectivity index (χ2n) is 6.44. The highest BCUT2D eigenvalue weighted by Crippen LogP contribution is 2.25. The number of aromatic nitrogens is 2. The van der Waals surface area contributed by atoms with E-state index < -0.39 is 0 Å². The summed E-state index contributed by atoms with van der Waals surface area (Å²) in [4.78, 5) is 14.4. The predicted molar refractivity (Wildman–Crippen MR) is 77.1 cm³/mol. The molecule has 1 N–H and O–H groups in total. The van der Waals surface area contributed by atoms with Gasteiger partial charge >= 0.3 is 0 Å². The van der Waals surface area contributed by atoms with E-state index in [1.54, 1.807) is 4.68 Å². The molecule has 1 aromatic heterocycles. The molecule has 1 aliphatic rings. The third-order valence-corrected chi connectivity index (χ3v) is 3.36. The summed E-state index contributed by atoms with van der Waals surface area (Å²) < 4.78 is 7.23. The average Bonchev–Trinajstić information content (AvgIpc) is 2.88. The van der Waals surface area contributed by atoms with Gasteiger partial charge in [-0.1, -0.05) is 13.8 Å². The number of rotatable bonds is 5. The fourth-order valence-electron chi connectivity index (χ4n) is 2.63. The molecule has 0 spiro atoms. The molecule has 6 nitrogen and oxygen atoms in total. The molecule has 1 aromatic rings. The molecule has 0 fully saturated rings. The summed E-state index contributed by atoms with van der Waals surface area (Å²) >= 11 is 0. The molecule has 0 atom stereocenters. The van der Waals surface area contributed by atoms with E-state index in [2.05, 4.69) is 29.2 Å². The van der Waals surface area contributed by atoms with Crippen molar-refractivity contribution in [2.45, 2.75) is 27.3 Å². The van der Waals surface area contributed by atoms with Crippen LogP contribution < -0.4 is 10.1 Å². The van der Waals surface area contributed by atoms with Crippen LogP contribution >= 0.6 is 0 Å². The molecule has 2 heterocycles. The molecule has 20 heavy (non-hydrogen) atoms. The quantitative estimate of drug-likeness (QED) is 0.870. The molecule has 1 aliphatic heterocycles. The van der Waals surface area contributed by atoms with Crippen molar-refractivity contribution in [2.24, 2.45) is 5.41 Å². The van der Waals surface area contributed by atoms with Crippen LogP contribution in [0.2, 0.25) is 0 Å². The fourth-order valence-corrected chi connectivity index (χ4v) is 2.63. The van der Waals surface area contributed by atoms with E-state index in [4.69, 9.17) is 4.74 Å². The van der Waals surface area contributed by atoms with Crippen molar-refractivity contribution in [3.63, 3.8) is 0 Å². The fraction of sp³-hybridized carbons (Fsp3) is 0.714. The largest absolute Gasteiger partial charge is 0.476 e. The van der Waals surface area contributed by atoms with Crippen LogP contribution in [-0.2, 0) is 6.54 Å². The smallest absolute Gasteiger partial charge is 0.272 e. The van der Waals surface area contributed by atoms with Crippen LogP contribution in [0.25, 0.3) is 0 Å². The number of nitrogens with one attached hydrogen (secondary N) is 1. The van der Waals surface area contributed by atoms with E-state index in [1.165, 1.54) is 0 Å². The highest BCUT2D eigenvalue weighted by molar-refractivity contribution is 5.94. The number of carbonyl (C=O) groups excluding carboxylic acids is 1. The van der Waals surface area contributed by atoms with Crippen LogP contribution in [0, 0.1) is 12.3 Å². The number of hydrogen-bond donors (Lipinski definition) is 1. The molecule has 1 amide bonds. The van der Waals surface area contributed by atoms with Gasteiger partial charge in [-0.15, -0.1) is 0 Å². The third-order valence-electron chi connectivity index (χ3n) is 3.36. The Morgan fingerprint density at radius 1 is 1.50 bits per heavy atom. The predicted octanol–water partition coefficient (Wildman–Crippen LogP) is 0.902. The summed E-state index contributed by atoms with van der Waals surface area (Å²) in [6, 6.07) is 0. The Labute approximate surface area is 120 Å². The minimum absolute atomic E-state index is 0.0199. The van der Waals surface area contributed by atoms with Crippen molar-refractivity contribution in [1.29, 1.82) is 0 Å². The SMILES string of the molecule is Cc1c(C(=O)NCC(C)(C)CN(C)C)nn2c1OCC2. The molecule has 0 bridgehead atoms. The Kier molecular flexibility index (Phi) is 4.04. The van der Waals surface area contributed by atoms with Crippen molar-refractivity contribution < 1.29 is 9.53 Å². The van der Waals surface area contributed by atoms with E-state index in [0.29, 0.717) is 18.8 Å². The van der Waals surface area contributed by atoms with Crippen molar-refractivity contribution in [3.05, 3.63) is 11.3 Å². The van der Waals surface area contributed by atoms with Gasteiger partial charge in [0, 0.05) is 18.7 Å². The van der Waals surface area contributed by atoms with Gasteiger partial charge in [0.2, 0.25) is 5.88 Å². The monoisotopic (exact) mass is 280 g/mol. The van der Waals surface area contributed by atoms with Crippen LogP contribution in [0.5, 0.6) is 5.88 Å². The lowest BCUT2D eigenvalue weighted by molar-refractivity contribution is 0.0922. The van der Waals surface area contributed by atoms with Crippen molar-refractivity contribution in [1.82, 2.24) is 20.0 Å². The minimum Gasteiger partial charge on any atom is -0.476 e. The van der Waals surface area contributed by atoms with Gasteiger partial charge < -0.3 is 15.0 Å². The summed E-state index contributed by atoms with van der Waals surface area (Å²) in [6.45, 7) is 9.04. The van der Waals surface area contributed by atoms with Gasteiger partial charge in [0.15, 0.2) is 5.69 Å². The van der Waals surface area contributed by atoms with Gasteiger partial charge in [0.25, 0.3) is 5.91 Å². The first-order valence-corrected chi connectivity index (χ1v) is 6.93. The summed E-state index contributed by atoms with van der Waals surface area (Å²) in [7, 11) is 4.07. The Morgan fingerprint density at radius 2 is 2.20 bits per heavy atom. The maximum absolute atomic E-state index is 12.2. The van der Waals surface area contributed by atoms with Crippen molar-refractivity contribution >= 4 is 5.91 Å². The molecule has 6 heteroatoms. The van der Waals surface area contributed by atoms with Gasteiger partial charge in [-0.3, -0.25) is 4.79 Å². The molecular weight excluding hydrogens is 256 g/mol. The molecule has 0 unspecified atom stereocenters. The topological polar surface area (TPSA) is 59.4 Å². The van der Waals surface area contributed by atoms with Crippen LogP contribution in [-0.4, -0.2) is 54.4 Å². The first-order chi connectivity index (χ1) is 9.30. The second kappa shape index (κ2) is 5.44. The average molecular weight is 280 g/mol. The first-order valence-electron chi connectivity index (χ1n) is 6.93. The minimum atomic E-state index is -0.125. The molecule has 0 radical (unpaired) electrons. The normalized spacial score (nSPS) is 14.3. The van der Waals surface area contributed by atoms with Gasteiger partial charge in [0.05, 0.1) is 6.54 Å². The molecule has 0 saturated heterocycles. The van der Waals surface area contributed by atoms with E-state index >= 15 is 0 Å². The highest BCUT2D eigenvalue weighted by Gasteiger charge is 2.26. The van der Waals surface area contributed by atoms with Crippen LogP contribution in [0.3, 0.4) is 0 Å². The maximum atomic E-state index is 12.2. The van der Waals surface area contributed by atoms with E-state index in [-0.39, 0.29) is 11.3 Å². The lowest BCUT2D eigenvalue weighted by Gasteiger charge is -2.28. The lowest BCUT2D eigenvalue weighted by Crippen LogP contribution is -2.40. The number of amides is 1. The Morgan fingerprint density at radius 3 is 2.80 bits per heavy atom. The van der Waals surface area contributed by atoms with E-state index in [9.17, 15) is 4.79 Å². The zero-order valence-corrected chi connectivity index (χ0v) is 13.0. The van der Waals surface area contributed by atoms with Gasteiger partial charge in [-0.25, -0.2) is 4.68 Å². The first kappa shape index (κ1) is 14.8. The molecule has 2 rings (SSSR count). The van der Waals surface area contributed by atoms with Gasteiger partial charge in [0.1, 0.15) is 6.61 Å². The number of carbonyl (C=O) groups is 1. The van der Waals surface area contributed by atoms with E-state index in [1.807, 2.05) is 21.0 Å². The van der Waals surface area contributed by atoms with Gasteiger partial charge in [-0.05, 0) is 26.4 Å². The van der Waals surface area contributed by atoms with Crippen LogP contribution in [0.1, 0.15) is 29.9 Å². The molecular formula is C14H24N4O2. The molecule has 0 saturated carbocycles. The molecule has 112 valence electrons. The number of hydrogen-bond acceptors (Lipinski definition) is 4. The summed E-state index contributed by atoms with van der Waals surface area (Å²) in [5.74, 6) is 0.600. The molecule has 0 aromatic carbocycles. The number of fused-ring (bicyclic) bond motifs is 1. The van der Waals surface area contributed by atoms with Crippen LogP contribution in [0.15, 0.2) is 0 Å². The second-order valence-corrected chi connectivity index (χ2v) is 6.44. The number of ether oxygens (including phenoxy) is 1. The van der Waals surface area contributed by atoms with Crippen molar-refractivity contribution in [3.8, 4) is 5.88 Å². The summed E-state index contributed by atoms with van der Waals surface area (Å²) in [6.07, 6.45) is 0. The summed E-state index contributed by atoms with van der Waals surface area (Å²) in [5, 5.41) is 7.30. The number of nitrogens with zero attached hydrogens (tertiary/aromatic N) is 3. The third kappa shape index (κ3) is 3.12.